The van der Waals surface area contributed by atoms with Crippen molar-refractivity contribution in [1.29, 1.82) is 15.8 Å². The highest BCUT2D eigenvalue weighted by Gasteiger charge is 2.28. The second kappa shape index (κ2) is 9.95. The second-order valence-corrected chi connectivity index (χ2v) is 5.91. The van der Waals surface area contributed by atoms with E-state index in [9.17, 15) is 0 Å². The molecule has 1 aliphatic rings. The quantitative estimate of drug-likeness (QED) is 0.623. The highest BCUT2D eigenvalue weighted by Crippen LogP contribution is 2.34. The van der Waals surface area contributed by atoms with Crippen LogP contribution in [0.1, 0.15) is 70.6 Å². The first kappa shape index (κ1) is 17.2. The Morgan fingerprint density at radius 1 is 0.857 bits per heavy atom. The van der Waals surface area contributed by atoms with Gasteiger partial charge in [0, 0.05) is 36.9 Å². The Kier molecular flexibility index (Phi) is 8.15. The normalized spacial score (nSPS) is 16.2. The molecule has 0 radical (unpaired) electrons. The van der Waals surface area contributed by atoms with Crippen LogP contribution in [0.2, 0.25) is 0 Å². The first-order chi connectivity index (χ1) is 10.3. The van der Waals surface area contributed by atoms with Gasteiger partial charge in [-0.25, -0.2) is 0 Å². The molecule has 4 nitrogen and oxygen atoms in total. The summed E-state index contributed by atoms with van der Waals surface area (Å²) in [5.41, 5.74) is -0.251. The Labute approximate surface area is 128 Å². The van der Waals surface area contributed by atoms with E-state index in [1.807, 2.05) is 6.21 Å². The zero-order valence-electron chi connectivity index (χ0n) is 12.7. The molecule has 0 heterocycles. The van der Waals surface area contributed by atoms with E-state index in [0.29, 0.717) is 44.6 Å². The molecule has 21 heavy (non-hydrogen) atoms. The molecule has 1 fully saturated rings. The van der Waals surface area contributed by atoms with Gasteiger partial charge in [0.2, 0.25) is 0 Å². The summed E-state index contributed by atoms with van der Waals surface area (Å²) in [4.78, 5) is 4.76. The summed E-state index contributed by atoms with van der Waals surface area (Å²) in [6.45, 7) is 0. The smallest absolute Gasteiger partial charge is 0.0622 e. The zero-order chi connectivity index (χ0) is 15.4. The third kappa shape index (κ3) is 6.42. The molecule has 0 aromatic carbocycles. The van der Waals surface area contributed by atoms with Crippen molar-refractivity contribution in [3.05, 3.63) is 0 Å². The van der Waals surface area contributed by atoms with Gasteiger partial charge in [0.1, 0.15) is 0 Å². The van der Waals surface area contributed by atoms with Crippen LogP contribution >= 0.6 is 0 Å². The summed E-state index contributed by atoms with van der Waals surface area (Å²) >= 11 is 0. The van der Waals surface area contributed by atoms with Gasteiger partial charge in [-0.05, 0) is 32.1 Å². The topological polar surface area (TPSA) is 83.7 Å². The van der Waals surface area contributed by atoms with Gasteiger partial charge in [0.25, 0.3) is 0 Å². The number of nitriles is 3. The molecular formula is C17H24N4. The summed E-state index contributed by atoms with van der Waals surface area (Å²) < 4.78 is 0. The summed E-state index contributed by atoms with van der Waals surface area (Å²) in [7, 11) is 0. The fourth-order valence-corrected chi connectivity index (χ4v) is 2.98. The van der Waals surface area contributed by atoms with E-state index in [-0.39, 0.29) is 5.41 Å². The fraction of sp³-hybridized carbons (Fsp3) is 0.765. The fourth-order valence-electron chi connectivity index (χ4n) is 2.98. The molecule has 0 atom stereocenters. The van der Waals surface area contributed by atoms with Gasteiger partial charge in [0.15, 0.2) is 0 Å². The van der Waals surface area contributed by atoms with Crippen molar-refractivity contribution in [2.75, 3.05) is 0 Å². The summed E-state index contributed by atoms with van der Waals surface area (Å²) in [5, 5.41) is 26.6. The molecule has 0 spiro atoms. The van der Waals surface area contributed by atoms with Gasteiger partial charge in [-0.15, -0.1) is 0 Å². The second-order valence-electron chi connectivity index (χ2n) is 5.91. The van der Waals surface area contributed by atoms with Crippen LogP contribution in [0.5, 0.6) is 0 Å². The largest absolute Gasteiger partial charge is 0.294 e. The summed E-state index contributed by atoms with van der Waals surface area (Å²) in [6.07, 6.45) is 11.5. The summed E-state index contributed by atoms with van der Waals surface area (Å²) in [5.74, 6) is 0. The van der Waals surface area contributed by atoms with Crippen molar-refractivity contribution in [1.82, 2.24) is 0 Å². The Morgan fingerprint density at radius 2 is 1.33 bits per heavy atom. The molecule has 4 heteroatoms. The van der Waals surface area contributed by atoms with E-state index in [1.165, 1.54) is 19.3 Å². The minimum absolute atomic E-state index is 0.251. The first-order valence-electron chi connectivity index (χ1n) is 7.91. The molecule has 1 aliphatic carbocycles. The molecule has 1 saturated carbocycles. The SMILES string of the molecule is N#CCCC(/C=N/C1CCCCC1)(CCC#N)CCC#N. The van der Waals surface area contributed by atoms with Crippen LogP contribution in [0.3, 0.4) is 0 Å². The highest BCUT2D eigenvalue weighted by molar-refractivity contribution is 5.66. The molecule has 0 saturated heterocycles. The molecule has 0 aromatic heterocycles. The molecule has 112 valence electrons. The number of nitrogens with zero attached hydrogens (tertiary/aromatic N) is 4. The lowest BCUT2D eigenvalue weighted by Crippen LogP contribution is -2.24. The van der Waals surface area contributed by atoms with Crippen LogP contribution in [0.15, 0.2) is 4.99 Å². The molecule has 0 aliphatic heterocycles. The Bertz CT molecular complexity index is 395. The predicted molar refractivity (Wildman–Crippen MR) is 82.3 cm³/mol. The maximum Gasteiger partial charge on any atom is 0.0622 e. The lowest BCUT2D eigenvalue weighted by molar-refractivity contribution is 0.344. The first-order valence-corrected chi connectivity index (χ1v) is 7.91. The van der Waals surface area contributed by atoms with E-state index in [1.54, 1.807) is 0 Å². The van der Waals surface area contributed by atoms with Gasteiger partial charge in [-0.3, -0.25) is 4.99 Å². The van der Waals surface area contributed by atoms with Crippen molar-refractivity contribution in [2.24, 2.45) is 10.4 Å². The average Bonchev–Trinajstić information content (AvgIpc) is 2.54. The van der Waals surface area contributed by atoms with Crippen LogP contribution in [-0.2, 0) is 0 Å². The number of hydrogen-bond donors (Lipinski definition) is 0. The molecule has 0 unspecified atom stereocenters. The van der Waals surface area contributed by atoms with Gasteiger partial charge >= 0.3 is 0 Å². The summed E-state index contributed by atoms with van der Waals surface area (Å²) in [6, 6.07) is 6.95. The number of rotatable bonds is 8. The van der Waals surface area contributed by atoms with E-state index in [2.05, 4.69) is 18.2 Å². The number of aliphatic imine (C=N–C) groups is 1. The lowest BCUT2D eigenvalue weighted by atomic mass is 9.76. The van der Waals surface area contributed by atoms with Crippen LogP contribution in [0, 0.1) is 39.4 Å². The van der Waals surface area contributed by atoms with Crippen molar-refractivity contribution in [2.45, 2.75) is 76.7 Å². The highest BCUT2D eigenvalue weighted by atomic mass is 14.8. The Morgan fingerprint density at radius 3 is 1.76 bits per heavy atom. The maximum absolute atomic E-state index is 8.87. The molecule has 0 amide bonds. The molecule has 0 bridgehead atoms. The van der Waals surface area contributed by atoms with E-state index >= 15 is 0 Å². The molecule has 0 aromatic rings. The van der Waals surface area contributed by atoms with E-state index in [4.69, 9.17) is 20.8 Å². The van der Waals surface area contributed by atoms with Crippen LogP contribution in [0.4, 0.5) is 0 Å². The zero-order valence-corrected chi connectivity index (χ0v) is 12.7. The van der Waals surface area contributed by atoms with Gasteiger partial charge < -0.3 is 0 Å². The van der Waals surface area contributed by atoms with Crippen LogP contribution in [-0.4, -0.2) is 12.3 Å². The molecular weight excluding hydrogens is 260 g/mol. The van der Waals surface area contributed by atoms with Crippen molar-refractivity contribution >= 4 is 6.21 Å². The van der Waals surface area contributed by atoms with Gasteiger partial charge in [-0.1, -0.05) is 19.3 Å². The number of hydrogen-bond acceptors (Lipinski definition) is 4. The maximum atomic E-state index is 8.87. The molecule has 1 rings (SSSR count). The lowest BCUT2D eigenvalue weighted by Gasteiger charge is -2.29. The third-order valence-electron chi connectivity index (χ3n) is 4.34. The van der Waals surface area contributed by atoms with E-state index in [0.717, 1.165) is 12.8 Å². The Hall–Kier alpha value is -1.86. The van der Waals surface area contributed by atoms with Crippen LogP contribution < -0.4 is 0 Å². The van der Waals surface area contributed by atoms with E-state index < -0.39 is 0 Å². The standard InChI is InChI=1S/C17H24N4/c18-12-4-9-17(10-5-13-19,11-6-14-20)15-21-16-7-2-1-3-8-16/h15-16H,1-11H2/b21-15+. The predicted octanol–water partition coefficient (Wildman–Crippen LogP) is 4.29. The average molecular weight is 284 g/mol. The van der Waals surface area contributed by atoms with Gasteiger partial charge in [0.05, 0.1) is 18.2 Å². The van der Waals surface area contributed by atoms with Crippen LogP contribution in [0.25, 0.3) is 0 Å². The minimum atomic E-state index is -0.251. The van der Waals surface area contributed by atoms with Crippen molar-refractivity contribution < 1.29 is 0 Å². The Balaban J connectivity index is 2.79. The van der Waals surface area contributed by atoms with Crippen molar-refractivity contribution in [3.63, 3.8) is 0 Å². The van der Waals surface area contributed by atoms with Crippen molar-refractivity contribution in [3.8, 4) is 18.2 Å². The van der Waals surface area contributed by atoms with Gasteiger partial charge in [-0.2, -0.15) is 15.8 Å². The monoisotopic (exact) mass is 284 g/mol. The third-order valence-corrected chi connectivity index (χ3v) is 4.34. The molecule has 0 N–H and O–H groups in total. The minimum Gasteiger partial charge on any atom is -0.294 e.